The average Bonchev–Trinajstić information content (AvgIpc) is 3.37. The van der Waals surface area contributed by atoms with Crippen LogP contribution in [0.2, 0.25) is 0 Å². The smallest absolute Gasteiger partial charge is 0.378 e. The Morgan fingerprint density at radius 2 is 1.67 bits per heavy atom. The van der Waals surface area contributed by atoms with Crippen molar-refractivity contribution in [3.63, 3.8) is 0 Å². The van der Waals surface area contributed by atoms with Crippen LogP contribution in [0.15, 0.2) is 72.8 Å². The Kier molecular flexibility index (Phi) is 8.58. The zero-order valence-corrected chi connectivity index (χ0v) is 26.3. The highest BCUT2D eigenvalue weighted by molar-refractivity contribution is 5.95. The number of aryl methyl sites for hydroxylation is 1. The Balaban J connectivity index is 1.18. The molecular weight excluding hydrogens is 593 g/mol. The summed E-state index contributed by atoms with van der Waals surface area (Å²) in [6.07, 6.45) is -4.24. The summed E-state index contributed by atoms with van der Waals surface area (Å²) >= 11 is 0. The summed E-state index contributed by atoms with van der Waals surface area (Å²) in [4.78, 5) is 34.3. The maximum absolute atomic E-state index is 13.9. The van der Waals surface area contributed by atoms with Crippen LogP contribution in [0.25, 0.3) is 10.9 Å². The predicted octanol–water partition coefficient (Wildman–Crippen LogP) is 7.13. The zero-order chi connectivity index (χ0) is 32.6. The number of morpholine rings is 1. The minimum Gasteiger partial charge on any atom is -0.378 e. The highest BCUT2D eigenvalue weighted by atomic mass is 19.4. The number of anilines is 2. The molecule has 4 aromatic rings. The van der Waals surface area contributed by atoms with Crippen LogP contribution in [0.4, 0.5) is 24.5 Å². The fourth-order valence-electron chi connectivity index (χ4n) is 6.92. The number of nitrogens with zero attached hydrogens (tertiary/aromatic N) is 2. The Morgan fingerprint density at radius 1 is 1.00 bits per heavy atom. The molecule has 3 aromatic carbocycles. The van der Waals surface area contributed by atoms with Crippen molar-refractivity contribution < 1.29 is 27.5 Å². The zero-order valence-electron chi connectivity index (χ0n) is 26.3. The van der Waals surface area contributed by atoms with Gasteiger partial charge in [-0.2, -0.15) is 13.2 Å². The van der Waals surface area contributed by atoms with E-state index in [1.54, 1.807) is 0 Å². The van der Waals surface area contributed by atoms with Crippen molar-refractivity contribution in [1.29, 1.82) is 0 Å². The van der Waals surface area contributed by atoms with Crippen LogP contribution in [0, 0.1) is 18.3 Å². The minimum absolute atomic E-state index is 0.0181. The van der Waals surface area contributed by atoms with E-state index in [-0.39, 0.29) is 48.6 Å². The number of carbonyl (C=O) groups excluding carboxylic acids is 2. The SMILES string of the molecule is Cc1[nH]c2ccccc2c1[C@H]1[C@H](CC(=O)N(CC(=O)Nc2ccc(N3CCOCC3)cc2)Cc2ccc(C(F)(F)F)cc2)C1(C)C. The topological polar surface area (TPSA) is 77.7 Å². The minimum atomic E-state index is -4.46. The van der Waals surface area contributed by atoms with Gasteiger partial charge in [0.1, 0.15) is 6.54 Å². The largest absolute Gasteiger partial charge is 0.416 e. The van der Waals surface area contributed by atoms with E-state index in [9.17, 15) is 22.8 Å². The lowest BCUT2D eigenvalue weighted by atomic mass is 10.0. The molecule has 1 aliphatic heterocycles. The van der Waals surface area contributed by atoms with Gasteiger partial charge in [-0.1, -0.05) is 44.2 Å². The Morgan fingerprint density at radius 3 is 2.35 bits per heavy atom. The fourth-order valence-corrected chi connectivity index (χ4v) is 6.92. The Hall–Kier alpha value is -4.31. The van der Waals surface area contributed by atoms with Gasteiger partial charge in [0.2, 0.25) is 11.8 Å². The lowest BCUT2D eigenvalue weighted by Crippen LogP contribution is -2.38. The van der Waals surface area contributed by atoms with Crippen LogP contribution in [-0.4, -0.2) is 54.5 Å². The van der Waals surface area contributed by atoms with E-state index in [1.807, 2.05) is 42.5 Å². The number of halogens is 3. The molecule has 2 atom stereocenters. The predicted molar refractivity (Wildman–Crippen MR) is 173 cm³/mol. The van der Waals surface area contributed by atoms with Crippen molar-refractivity contribution in [2.75, 3.05) is 43.1 Å². The van der Waals surface area contributed by atoms with Gasteiger partial charge >= 0.3 is 6.18 Å². The molecule has 1 saturated heterocycles. The monoisotopic (exact) mass is 632 g/mol. The summed E-state index contributed by atoms with van der Waals surface area (Å²) in [7, 11) is 0. The number of nitrogens with one attached hydrogen (secondary N) is 2. The molecule has 6 rings (SSSR count). The molecule has 46 heavy (non-hydrogen) atoms. The fraction of sp³-hybridized carbons (Fsp3) is 0.389. The van der Waals surface area contributed by atoms with Gasteiger partial charge in [-0.3, -0.25) is 9.59 Å². The third-order valence-corrected chi connectivity index (χ3v) is 9.57. The van der Waals surface area contributed by atoms with Crippen molar-refractivity contribution in [2.24, 2.45) is 11.3 Å². The van der Waals surface area contributed by atoms with E-state index in [0.717, 1.165) is 47.5 Å². The van der Waals surface area contributed by atoms with E-state index in [2.05, 4.69) is 42.0 Å². The van der Waals surface area contributed by atoms with Crippen LogP contribution >= 0.6 is 0 Å². The number of carbonyl (C=O) groups is 2. The van der Waals surface area contributed by atoms with E-state index in [0.29, 0.717) is 24.5 Å². The number of aromatic amines is 1. The molecule has 1 saturated carbocycles. The molecule has 0 radical (unpaired) electrons. The normalized spacial score (nSPS) is 19.2. The average molecular weight is 633 g/mol. The number of fused-ring (bicyclic) bond motifs is 1. The highest BCUT2D eigenvalue weighted by Crippen LogP contribution is 2.67. The second kappa shape index (κ2) is 12.5. The van der Waals surface area contributed by atoms with E-state index in [4.69, 9.17) is 4.74 Å². The van der Waals surface area contributed by atoms with Crippen LogP contribution in [0.3, 0.4) is 0 Å². The maximum atomic E-state index is 13.9. The first-order valence-electron chi connectivity index (χ1n) is 15.7. The first kappa shape index (κ1) is 31.7. The summed E-state index contributed by atoms with van der Waals surface area (Å²) in [6.45, 7) is 9.09. The van der Waals surface area contributed by atoms with Gasteiger partial charge in [0.05, 0.1) is 18.8 Å². The number of amides is 2. The number of hydrogen-bond donors (Lipinski definition) is 2. The lowest BCUT2D eigenvalue weighted by molar-refractivity contribution is -0.137. The van der Waals surface area contributed by atoms with Gasteiger partial charge in [-0.25, -0.2) is 0 Å². The van der Waals surface area contributed by atoms with Gasteiger partial charge in [0.25, 0.3) is 0 Å². The number of aromatic nitrogens is 1. The lowest BCUT2D eigenvalue weighted by Gasteiger charge is -2.29. The molecule has 10 heteroatoms. The van der Waals surface area contributed by atoms with Crippen LogP contribution in [0.5, 0.6) is 0 Å². The summed E-state index contributed by atoms with van der Waals surface area (Å²) in [5, 5.41) is 4.03. The van der Waals surface area contributed by atoms with Crippen LogP contribution < -0.4 is 10.2 Å². The molecule has 0 spiro atoms. The quantitative estimate of drug-likeness (QED) is 0.206. The van der Waals surface area contributed by atoms with Crippen LogP contribution in [-0.2, 0) is 27.0 Å². The molecule has 0 bridgehead atoms. The van der Waals surface area contributed by atoms with Gasteiger partial charge in [0, 0.05) is 54.0 Å². The number of rotatable bonds is 9. The van der Waals surface area contributed by atoms with Gasteiger partial charge < -0.3 is 24.8 Å². The second-order valence-electron chi connectivity index (χ2n) is 13.0. The molecule has 2 aliphatic rings. The number of alkyl halides is 3. The van der Waals surface area contributed by atoms with Crippen molar-refractivity contribution in [3.05, 3.63) is 95.2 Å². The number of para-hydroxylation sites is 1. The van der Waals surface area contributed by atoms with Crippen molar-refractivity contribution >= 4 is 34.1 Å². The third kappa shape index (κ3) is 6.63. The molecule has 2 amide bonds. The molecule has 2 fully saturated rings. The molecule has 1 aliphatic carbocycles. The molecular formula is C36H39F3N4O3. The molecule has 2 N–H and O–H groups in total. The summed E-state index contributed by atoms with van der Waals surface area (Å²) < 4.78 is 45.0. The summed E-state index contributed by atoms with van der Waals surface area (Å²) in [6, 6.07) is 20.4. The van der Waals surface area contributed by atoms with Crippen molar-refractivity contribution in [1.82, 2.24) is 9.88 Å². The number of hydrogen-bond acceptors (Lipinski definition) is 4. The van der Waals surface area contributed by atoms with E-state index in [1.165, 1.54) is 22.6 Å². The van der Waals surface area contributed by atoms with E-state index >= 15 is 0 Å². The molecule has 2 heterocycles. The maximum Gasteiger partial charge on any atom is 0.416 e. The van der Waals surface area contributed by atoms with Crippen LogP contribution in [0.1, 0.15) is 48.6 Å². The first-order chi connectivity index (χ1) is 21.9. The molecule has 1 aromatic heterocycles. The third-order valence-electron chi connectivity index (χ3n) is 9.57. The highest BCUT2D eigenvalue weighted by Gasteiger charge is 2.59. The molecule has 242 valence electrons. The standard InChI is InChI=1S/C36H39F3N4O3/c1-23-33(28-6-4-5-7-30(28)40-23)34-29(35(34,2)3)20-32(45)43(21-24-8-10-25(11-9-24)36(37,38)39)22-31(44)41-26-12-14-27(15-13-26)42-16-18-46-19-17-42/h4-15,29,34,40H,16-22H2,1-3H3,(H,41,44)/t29-,34+/m0/s1. The number of H-pyrrole nitrogens is 1. The first-order valence-corrected chi connectivity index (χ1v) is 15.7. The van der Waals surface area contributed by atoms with Gasteiger partial charge in [-0.05, 0) is 77.8 Å². The molecule has 7 nitrogen and oxygen atoms in total. The summed E-state index contributed by atoms with van der Waals surface area (Å²) in [5.74, 6) is -0.391. The Labute approximate surface area is 266 Å². The summed E-state index contributed by atoms with van der Waals surface area (Å²) in [5.41, 5.74) is 4.60. The molecule has 0 unspecified atom stereocenters. The van der Waals surface area contributed by atoms with E-state index < -0.39 is 11.7 Å². The number of benzene rings is 3. The van der Waals surface area contributed by atoms with Crippen molar-refractivity contribution in [2.45, 2.75) is 45.8 Å². The second-order valence-corrected chi connectivity index (χ2v) is 13.0. The van der Waals surface area contributed by atoms with Crippen molar-refractivity contribution in [3.8, 4) is 0 Å². The van der Waals surface area contributed by atoms with Gasteiger partial charge in [-0.15, -0.1) is 0 Å². The van der Waals surface area contributed by atoms with Gasteiger partial charge in [0.15, 0.2) is 0 Å². The number of ether oxygens (including phenoxy) is 1. The Bertz CT molecular complexity index is 1710.